The minimum absolute atomic E-state index is 0.110. The Morgan fingerprint density at radius 3 is 2.71 bits per heavy atom. The lowest BCUT2D eigenvalue weighted by atomic mass is 9.82. The second-order valence-electron chi connectivity index (χ2n) is 4.81. The average molecular weight is 343 g/mol. The molecule has 1 saturated carbocycles. The third-order valence-electron chi connectivity index (χ3n) is 3.80. The number of carbonyl (C=O) groups is 1. The lowest BCUT2D eigenvalue weighted by Crippen LogP contribution is -2.33. The molecule has 1 fully saturated rings. The van der Waals surface area contributed by atoms with E-state index in [1.54, 1.807) is 0 Å². The monoisotopic (exact) mass is 343 g/mol. The minimum atomic E-state index is -0.110. The van der Waals surface area contributed by atoms with E-state index >= 15 is 0 Å². The van der Waals surface area contributed by atoms with E-state index in [9.17, 15) is 4.79 Å². The zero-order valence-corrected chi connectivity index (χ0v) is 12.3. The molecule has 1 N–H and O–H groups in total. The summed E-state index contributed by atoms with van der Waals surface area (Å²) in [6.45, 7) is 2.12. The highest BCUT2D eigenvalue weighted by molar-refractivity contribution is 14.1. The largest absolute Gasteiger partial charge is 0.326 e. The molecule has 17 heavy (non-hydrogen) atoms. The molecule has 0 spiro atoms. The number of hydrogen-bond acceptors (Lipinski definition) is 1. The molecule has 1 aromatic rings. The number of benzene rings is 1. The third kappa shape index (κ3) is 2.81. The summed E-state index contributed by atoms with van der Waals surface area (Å²) < 4.78 is 1.15. The van der Waals surface area contributed by atoms with Crippen LogP contribution in [0.3, 0.4) is 0 Å². The van der Waals surface area contributed by atoms with Crippen molar-refractivity contribution in [2.24, 2.45) is 5.41 Å². The molecule has 0 saturated heterocycles. The van der Waals surface area contributed by atoms with Gasteiger partial charge in [0.25, 0.3) is 0 Å². The summed E-state index contributed by atoms with van der Waals surface area (Å²) in [4.78, 5) is 12.4. The Kier molecular flexibility index (Phi) is 4.07. The van der Waals surface area contributed by atoms with E-state index in [2.05, 4.69) is 34.8 Å². The topological polar surface area (TPSA) is 29.1 Å². The van der Waals surface area contributed by atoms with Gasteiger partial charge < -0.3 is 5.32 Å². The second-order valence-corrected chi connectivity index (χ2v) is 6.05. The molecule has 0 heterocycles. The first kappa shape index (κ1) is 12.9. The van der Waals surface area contributed by atoms with Crippen LogP contribution in [-0.2, 0) is 4.79 Å². The van der Waals surface area contributed by atoms with Crippen molar-refractivity contribution in [3.05, 3.63) is 27.8 Å². The van der Waals surface area contributed by atoms with E-state index in [0.717, 1.165) is 28.5 Å². The third-order valence-corrected chi connectivity index (χ3v) is 4.47. The van der Waals surface area contributed by atoms with Crippen LogP contribution in [0.5, 0.6) is 0 Å². The predicted molar refractivity (Wildman–Crippen MR) is 79.0 cm³/mol. The molecule has 1 aliphatic carbocycles. The standard InChI is InChI=1S/C14H18INO/c1-2-14(8-3-4-9-14)13(17)16-12-7-5-6-11(15)10-12/h5-7,10H,2-4,8-9H2,1H3,(H,16,17). The molecule has 0 radical (unpaired) electrons. The Bertz CT molecular complexity index is 410. The maximum atomic E-state index is 12.4. The molecule has 1 aliphatic rings. The van der Waals surface area contributed by atoms with Crippen molar-refractivity contribution in [2.45, 2.75) is 39.0 Å². The molecule has 1 amide bonds. The van der Waals surface area contributed by atoms with Crippen molar-refractivity contribution < 1.29 is 4.79 Å². The van der Waals surface area contributed by atoms with Gasteiger partial charge in [-0.3, -0.25) is 4.79 Å². The molecule has 2 rings (SSSR count). The average Bonchev–Trinajstić information content (AvgIpc) is 2.78. The summed E-state index contributed by atoms with van der Waals surface area (Å²) in [5.41, 5.74) is 0.808. The fraction of sp³-hybridized carbons (Fsp3) is 0.500. The quantitative estimate of drug-likeness (QED) is 0.819. The Balaban J connectivity index is 2.10. The Morgan fingerprint density at radius 1 is 1.41 bits per heavy atom. The van der Waals surface area contributed by atoms with E-state index in [4.69, 9.17) is 0 Å². The lowest BCUT2D eigenvalue weighted by molar-refractivity contribution is -0.125. The Morgan fingerprint density at radius 2 is 2.12 bits per heavy atom. The van der Waals surface area contributed by atoms with Crippen molar-refractivity contribution in [2.75, 3.05) is 5.32 Å². The van der Waals surface area contributed by atoms with E-state index in [1.165, 1.54) is 12.8 Å². The molecule has 0 aromatic heterocycles. The first-order chi connectivity index (χ1) is 8.16. The van der Waals surface area contributed by atoms with E-state index in [0.29, 0.717) is 0 Å². The van der Waals surface area contributed by atoms with Crippen LogP contribution in [0, 0.1) is 8.99 Å². The maximum absolute atomic E-state index is 12.4. The van der Waals surface area contributed by atoms with Gasteiger partial charge in [-0.2, -0.15) is 0 Å². The number of rotatable bonds is 3. The molecule has 2 nitrogen and oxygen atoms in total. The van der Waals surface area contributed by atoms with Crippen LogP contribution >= 0.6 is 22.6 Å². The van der Waals surface area contributed by atoms with Crippen molar-refractivity contribution in [3.63, 3.8) is 0 Å². The number of hydrogen-bond donors (Lipinski definition) is 1. The highest BCUT2D eigenvalue weighted by atomic mass is 127. The van der Waals surface area contributed by atoms with Crippen LogP contribution < -0.4 is 5.32 Å². The SMILES string of the molecule is CCC1(C(=O)Nc2cccc(I)c2)CCCC1. The zero-order valence-electron chi connectivity index (χ0n) is 10.1. The van der Waals surface area contributed by atoms with Gasteiger partial charge in [-0.25, -0.2) is 0 Å². The molecular weight excluding hydrogens is 325 g/mol. The molecule has 0 aliphatic heterocycles. The fourth-order valence-electron chi connectivity index (χ4n) is 2.62. The maximum Gasteiger partial charge on any atom is 0.230 e. The number of anilines is 1. The van der Waals surface area contributed by atoms with Gasteiger partial charge in [0.05, 0.1) is 0 Å². The van der Waals surface area contributed by atoms with Gasteiger partial charge in [0.2, 0.25) is 5.91 Å². The van der Waals surface area contributed by atoms with Crippen LogP contribution in [0.2, 0.25) is 0 Å². The van der Waals surface area contributed by atoms with Gasteiger partial charge in [0.15, 0.2) is 0 Å². The molecule has 0 bridgehead atoms. The summed E-state index contributed by atoms with van der Waals surface area (Å²) in [5, 5.41) is 3.07. The van der Waals surface area contributed by atoms with Crippen LogP contribution in [0.15, 0.2) is 24.3 Å². The number of halogens is 1. The molecule has 0 atom stereocenters. The van der Waals surface area contributed by atoms with Crippen molar-refractivity contribution in [1.29, 1.82) is 0 Å². The number of carbonyl (C=O) groups excluding carboxylic acids is 1. The lowest BCUT2D eigenvalue weighted by Gasteiger charge is -2.26. The molecule has 0 unspecified atom stereocenters. The minimum Gasteiger partial charge on any atom is -0.326 e. The molecule has 1 aromatic carbocycles. The number of amides is 1. The first-order valence-corrected chi connectivity index (χ1v) is 7.31. The Hall–Kier alpha value is -0.580. The number of nitrogens with one attached hydrogen (secondary N) is 1. The Labute approximate surface area is 116 Å². The summed E-state index contributed by atoms with van der Waals surface area (Å²) in [7, 11) is 0. The zero-order chi connectivity index (χ0) is 12.3. The van der Waals surface area contributed by atoms with E-state index < -0.39 is 0 Å². The summed E-state index contributed by atoms with van der Waals surface area (Å²) >= 11 is 2.26. The highest BCUT2D eigenvalue weighted by Crippen LogP contribution is 2.41. The van der Waals surface area contributed by atoms with Gasteiger partial charge in [0, 0.05) is 14.7 Å². The van der Waals surface area contributed by atoms with Crippen molar-refractivity contribution in [1.82, 2.24) is 0 Å². The highest BCUT2D eigenvalue weighted by Gasteiger charge is 2.39. The van der Waals surface area contributed by atoms with Crippen molar-refractivity contribution >= 4 is 34.2 Å². The molecular formula is C14H18INO. The summed E-state index contributed by atoms with van der Waals surface area (Å²) in [5.74, 6) is 0.208. The molecule has 3 heteroatoms. The fourth-order valence-corrected chi connectivity index (χ4v) is 3.17. The van der Waals surface area contributed by atoms with Crippen LogP contribution in [-0.4, -0.2) is 5.91 Å². The normalized spacial score (nSPS) is 18.0. The molecule has 92 valence electrons. The van der Waals surface area contributed by atoms with Crippen LogP contribution in [0.1, 0.15) is 39.0 Å². The second kappa shape index (κ2) is 5.38. The summed E-state index contributed by atoms with van der Waals surface area (Å²) in [6.07, 6.45) is 5.41. The summed E-state index contributed by atoms with van der Waals surface area (Å²) in [6, 6.07) is 7.97. The smallest absolute Gasteiger partial charge is 0.230 e. The van der Waals surface area contributed by atoms with Crippen molar-refractivity contribution in [3.8, 4) is 0 Å². The van der Waals surface area contributed by atoms with Crippen LogP contribution in [0.4, 0.5) is 5.69 Å². The van der Waals surface area contributed by atoms with Gasteiger partial charge in [-0.1, -0.05) is 25.8 Å². The van der Waals surface area contributed by atoms with Gasteiger partial charge >= 0.3 is 0 Å². The van der Waals surface area contributed by atoms with E-state index in [1.807, 2.05) is 24.3 Å². The van der Waals surface area contributed by atoms with Gasteiger partial charge in [-0.05, 0) is 60.1 Å². The van der Waals surface area contributed by atoms with E-state index in [-0.39, 0.29) is 11.3 Å². The first-order valence-electron chi connectivity index (χ1n) is 6.23. The van der Waals surface area contributed by atoms with Gasteiger partial charge in [0.1, 0.15) is 0 Å². The van der Waals surface area contributed by atoms with Gasteiger partial charge in [-0.15, -0.1) is 0 Å². The predicted octanol–water partition coefficient (Wildman–Crippen LogP) is 4.20. The van der Waals surface area contributed by atoms with Crippen LogP contribution in [0.25, 0.3) is 0 Å².